The van der Waals surface area contributed by atoms with Gasteiger partial charge in [0.1, 0.15) is 6.29 Å². The van der Waals surface area contributed by atoms with Crippen molar-refractivity contribution in [3.05, 3.63) is 23.8 Å². The van der Waals surface area contributed by atoms with Crippen molar-refractivity contribution >= 4 is 12.1 Å². The van der Waals surface area contributed by atoms with Crippen LogP contribution in [-0.2, 0) is 9.59 Å². The van der Waals surface area contributed by atoms with Gasteiger partial charge in [0.2, 0.25) is 0 Å². The van der Waals surface area contributed by atoms with E-state index in [1.54, 1.807) is 0 Å². The number of hydrogen-bond donors (Lipinski definition) is 1. The van der Waals surface area contributed by atoms with Crippen molar-refractivity contribution in [2.45, 2.75) is 58.5 Å². The molecule has 1 N–H and O–H groups in total. The van der Waals surface area contributed by atoms with Gasteiger partial charge in [0.05, 0.1) is 0 Å². The van der Waals surface area contributed by atoms with E-state index < -0.39 is 5.60 Å². The molecule has 3 nitrogen and oxygen atoms in total. The van der Waals surface area contributed by atoms with Crippen LogP contribution in [0.5, 0.6) is 0 Å². The molecule has 2 saturated carbocycles. The number of allylic oxidation sites excluding steroid dienone is 2. The number of carbonyl (C=O) groups excluding carboxylic acids is 2. The Labute approximate surface area is 138 Å². The first kappa shape index (κ1) is 16.6. The van der Waals surface area contributed by atoms with E-state index in [0.717, 1.165) is 25.7 Å². The predicted molar refractivity (Wildman–Crippen MR) is 89.7 cm³/mol. The quantitative estimate of drug-likeness (QED) is 0.627. The highest BCUT2D eigenvalue weighted by Gasteiger charge is 2.59. The lowest BCUT2D eigenvalue weighted by Gasteiger charge is -2.43. The second-order valence-corrected chi connectivity index (χ2v) is 8.45. The van der Waals surface area contributed by atoms with Gasteiger partial charge in [-0.05, 0) is 55.8 Å². The SMILES string of the molecule is C=C(C)C1CC[C@]2(C)C[C@H]3C(C)CC(=O)[C@]3(O)/C(C=O)=C\C[C@H]12. The van der Waals surface area contributed by atoms with E-state index in [-0.39, 0.29) is 23.0 Å². The predicted octanol–water partition coefficient (Wildman–Crippen LogP) is 3.47. The van der Waals surface area contributed by atoms with Crippen LogP contribution >= 0.6 is 0 Å². The van der Waals surface area contributed by atoms with Crippen molar-refractivity contribution in [3.63, 3.8) is 0 Å². The van der Waals surface area contributed by atoms with Crippen LogP contribution in [0.3, 0.4) is 0 Å². The standard InChI is InChI=1S/C20H28O3/c1-12(2)15-7-8-19(4)10-17-13(3)9-18(22)20(17,23)14(11-21)5-6-16(15)19/h5,11,13,15-17,23H,1,6-10H2,2-4H3/b14-5-/t13?,15?,16-,17+,19-,20+/m1/s1. The molecule has 0 bridgehead atoms. The minimum atomic E-state index is -1.56. The number of carbonyl (C=O) groups is 2. The summed E-state index contributed by atoms with van der Waals surface area (Å²) in [5, 5.41) is 11.2. The molecule has 0 aromatic rings. The summed E-state index contributed by atoms with van der Waals surface area (Å²) in [7, 11) is 0. The summed E-state index contributed by atoms with van der Waals surface area (Å²) in [6, 6.07) is 0. The molecule has 0 saturated heterocycles. The second kappa shape index (κ2) is 5.41. The summed E-state index contributed by atoms with van der Waals surface area (Å²) < 4.78 is 0. The van der Waals surface area contributed by atoms with Gasteiger partial charge in [-0.1, -0.05) is 32.1 Å². The monoisotopic (exact) mass is 316 g/mol. The lowest BCUT2D eigenvalue weighted by molar-refractivity contribution is -0.135. The van der Waals surface area contributed by atoms with Crippen LogP contribution in [0.2, 0.25) is 0 Å². The zero-order valence-electron chi connectivity index (χ0n) is 14.5. The van der Waals surface area contributed by atoms with E-state index in [1.807, 2.05) is 13.0 Å². The first-order valence-corrected chi connectivity index (χ1v) is 8.81. The molecular weight excluding hydrogens is 288 g/mol. The van der Waals surface area contributed by atoms with E-state index in [1.165, 1.54) is 5.57 Å². The van der Waals surface area contributed by atoms with Crippen molar-refractivity contribution < 1.29 is 14.7 Å². The number of hydrogen-bond acceptors (Lipinski definition) is 3. The molecule has 0 spiro atoms. The van der Waals surface area contributed by atoms with Crippen molar-refractivity contribution in [3.8, 4) is 0 Å². The van der Waals surface area contributed by atoms with Crippen molar-refractivity contribution in [1.82, 2.24) is 0 Å². The number of aliphatic hydroxyl groups is 1. The van der Waals surface area contributed by atoms with Crippen LogP contribution < -0.4 is 0 Å². The van der Waals surface area contributed by atoms with Crippen LogP contribution in [0.1, 0.15) is 52.9 Å². The first-order valence-electron chi connectivity index (χ1n) is 8.81. The summed E-state index contributed by atoms with van der Waals surface area (Å²) >= 11 is 0. The molecule has 0 aromatic heterocycles. The topological polar surface area (TPSA) is 54.4 Å². The maximum absolute atomic E-state index is 12.5. The Balaban J connectivity index is 2.08. The molecule has 3 rings (SSSR count). The molecule has 2 fully saturated rings. The van der Waals surface area contributed by atoms with Gasteiger partial charge in [-0.15, -0.1) is 0 Å². The van der Waals surface area contributed by atoms with Crippen LogP contribution in [0, 0.1) is 29.1 Å². The largest absolute Gasteiger partial charge is 0.377 e. The van der Waals surface area contributed by atoms with Gasteiger partial charge in [-0.3, -0.25) is 9.59 Å². The Morgan fingerprint density at radius 3 is 2.74 bits per heavy atom. The van der Waals surface area contributed by atoms with Crippen molar-refractivity contribution in [1.29, 1.82) is 0 Å². The number of rotatable bonds is 2. The third-order valence-corrected chi connectivity index (χ3v) is 7.04. The maximum Gasteiger partial charge on any atom is 0.169 e. The Kier molecular flexibility index (Phi) is 3.91. The second-order valence-electron chi connectivity index (χ2n) is 8.45. The fourth-order valence-electron chi connectivity index (χ4n) is 5.63. The highest BCUT2D eigenvalue weighted by Crippen LogP contribution is 2.59. The van der Waals surface area contributed by atoms with Gasteiger partial charge >= 0.3 is 0 Å². The van der Waals surface area contributed by atoms with Crippen LogP contribution in [0.4, 0.5) is 0 Å². The van der Waals surface area contributed by atoms with Crippen LogP contribution in [0.25, 0.3) is 0 Å². The lowest BCUT2D eigenvalue weighted by atomic mass is 9.63. The molecule has 23 heavy (non-hydrogen) atoms. The van der Waals surface area contributed by atoms with Gasteiger partial charge in [-0.2, -0.15) is 0 Å². The minimum absolute atomic E-state index is 0.103. The molecule has 3 aliphatic carbocycles. The lowest BCUT2D eigenvalue weighted by Crippen LogP contribution is -2.47. The van der Waals surface area contributed by atoms with Crippen molar-refractivity contribution in [2.24, 2.45) is 29.1 Å². The molecule has 0 heterocycles. The van der Waals surface area contributed by atoms with Gasteiger partial charge in [-0.25, -0.2) is 0 Å². The van der Waals surface area contributed by atoms with Gasteiger partial charge < -0.3 is 5.11 Å². The fourth-order valence-corrected chi connectivity index (χ4v) is 5.63. The normalized spacial score (nSPS) is 48.7. The third-order valence-electron chi connectivity index (χ3n) is 7.04. The average Bonchev–Trinajstić information content (AvgIpc) is 2.89. The molecule has 0 amide bonds. The zero-order chi connectivity index (χ0) is 17.0. The number of aldehydes is 1. The first-order chi connectivity index (χ1) is 10.7. The summed E-state index contributed by atoms with van der Waals surface area (Å²) in [5.74, 6) is 0.716. The summed E-state index contributed by atoms with van der Waals surface area (Å²) in [4.78, 5) is 24.1. The van der Waals surface area contributed by atoms with Crippen molar-refractivity contribution in [2.75, 3.05) is 0 Å². The van der Waals surface area contributed by atoms with E-state index in [2.05, 4.69) is 20.4 Å². The van der Waals surface area contributed by atoms with Gasteiger partial charge in [0.15, 0.2) is 11.4 Å². The minimum Gasteiger partial charge on any atom is -0.377 e. The summed E-state index contributed by atoms with van der Waals surface area (Å²) in [6.45, 7) is 10.6. The molecular formula is C20H28O3. The summed E-state index contributed by atoms with van der Waals surface area (Å²) in [5.41, 5.74) is 0.0557. The van der Waals surface area contributed by atoms with Gasteiger partial charge in [0.25, 0.3) is 0 Å². The van der Waals surface area contributed by atoms with Crippen LogP contribution in [0.15, 0.2) is 23.8 Å². The number of fused-ring (bicyclic) bond motifs is 2. The summed E-state index contributed by atoms with van der Waals surface area (Å²) in [6.07, 6.45) is 6.71. The molecule has 0 radical (unpaired) electrons. The Morgan fingerprint density at radius 2 is 2.13 bits per heavy atom. The number of ketones is 1. The third kappa shape index (κ3) is 2.27. The molecule has 2 unspecified atom stereocenters. The molecule has 6 atom stereocenters. The number of Topliss-reactive ketones (excluding diaryl/α,β-unsaturated/α-hetero) is 1. The average molecular weight is 316 g/mol. The zero-order valence-corrected chi connectivity index (χ0v) is 14.5. The Morgan fingerprint density at radius 1 is 1.43 bits per heavy atom. The van der Waals surface area contributed by atoms with Crippen LogP contribution in [-0.4, -0.2) is 22.8 Å². The highest BCUT2D eigenvalue weighted by molar-refractivity contribution is 5.99. The smallest absolute Gasteiger partial charge is 0.169 e. The molecule has 3 heteroatoms. The van der Waals surface area contributed by atoms with Gasteiger partial charge in [0, 0.05) is 17.9 Å². The maximum atomic E-state index is 12.5. The molecule has 0 aliphatic heterocycles. The molecule has 3 aliphatic rings. The fraction of sp³-hybridized carbons (Fsp3) is 0.700. The van der Waals surface area contributed by atoms with E-state index in [0.29, 0.717) is 30.1 Å². The van der Waals surface area contributed by atoms with E-state index in [9.17, 15) is 14.7 Å². The highest BCUT2D eigenvalue weighted by atomic mass is 16.3. The van der Waals surface area contributed by atoms with E-state index >= 15 is 0 Å². The molecule has 126 valence electrons. The van der Waals surface area contributed by atoms with E-state index in [4.69, 9.17) is 0 Å². The Hall–Kier alpha value is -1.22. The Bertz CT molecular complexity index is 590. The molecule has 0 aromatic carbocycles.